The molecule has 0 N–H and O–H groups in total. The van der Waals surface area contributed by atoms with Crippen molar-refractivity contribution in [3.63, 3.8) is 0 Å². The zero-order valence-electron chi connectivity index (χ0n) is 29.8. The van der Waals surface area contributed by atoms with E-state index in [0.29, 0.717) is 29.6 Å². The molecule has 0 saturated carbocycles. The van der Waals surface area contributed by atoms with Gasteiger partial charge in [0.2, 0.25) is 0 Å². The van der Waals surface area contributed by atoms with E-state index in [2.05, 4.69) is 132 Å². The second-order valence-electron chi connectivity index (χ2n) is 15.0. The monoisotopic (exact) mass is 633 g/mol. The van der Waals surface area contributed by atoms with Gasteiger partial charge in [-0.3, -0.25) is 4.98 Å². The highest BCUT2D eigenvalue weighted by molar-refractivity contribution is 7.22. The van der Waals surface area contributed by atoms with E-state index in [1.54, 1.807) is 0 Å². The van der Waals surface area contributed by atoms with Crippen molar-refractivity contribution in [3.8, 4) is 22.1 Å². The highest BCUT2D eigenvalue weighted by Gasteiger charge is 2.35. The predicted molar refractivity (Wildman–Crippen MR) is 198 cm³/mol. The fraction of sp³-hybridized carbons (Fsp3) is 0.452. The lowest BCUT2D eigenvalue weighted by Crippen LogP contribution is -2.13. The second kappa shape index (κ2) is 12.3. The van der Waals surface area contributed by atoms with Gasteiger partial charge in [0, 0.05) is 26.8 Å². The largest absolute Gasteiger partial charge is 0.446 e. The Balaban J connectivity index is 1.60. The highest BCUT2D eigenvalue weighted by Crippen LogP contribution is 2.52. The molecule has 0 saturated heterocycles. The molecule has 6 rings (SSSR count). The fourth-order valence-electron chi connectivity index (χ4n) is 7.29. The first kappa shape index (κ1) is 32.6. The number of hydrogen-bond donors (Lipinski definition) is 0. The normalized spacial score (nSPS) is 13.8. The van der Waals surface area contributed by atoms with Crippen molar-refractivity contribution in [3.05, 3.63) is 87.6 Å². The molecule has 1 aliphatic heterocycles. The minimum absolute atomic E-state index is 0.284. The van der Waals surface area contributed by atoms with Crippen LogP contribution < -0.4 is 9.47 Å². The molecule has 46 heavy (non-hydrogen) atoms. The van der Waals surface area contributed by atoms with E-state index in [0.717, 1.165) is 22.8 Å². The van der Waals surface area contributed by atoms with Crippen molar-refractivity contribution < 1.29 is 9.47 Å². The maximum absolute atomic E-state index is 6.85. The van der Waals surface area contributed by atoms with E-state index in [9.17, 15) is 0 Å². The van der Waals surface area contributed by atoms with Crippen LogP contribution in [-0.2, 0) is 0 Å². The molecule has 3 heterocycles. The summed E-state index contributed by atoms with van der Waals surface area (Å²) in [7, 11) is 0. The zero-order chi connectivity index (χ0) is 33.2. The number of rotatable bonds is 8. The number of thiophene rings is 1. The number of hydrogen-bond acceptors (Lipinski definition) is 4. The summed E-state index contributed by atoms with van der Waals surface area (Å²) < 4.78 is 15.1. The lowest BCUT2D eigenvalue weighted by Gasteiger charge is -2.22. The van der Waals surface area contributed by atoms with Gasteiger partial charge in [-0.15, -0.1) is 11.3 Å². The number of pyridine rings is 1. The molecule has 0 fully saturated rings. The molecule has 0 spiro atoms. The fourth-order valence-corrected chi connectivity index (χ4v) is 8.63. The third-order valence-electron chi connectivity index (χ3n) is 9.56. The molecule has 1 aliphatic rings. The van der Waals surface area contributed by atoms with Crippen molar-refractivity contribution in [2.24, 2.45) is 0 Å². The first-order valence-electron chi connectivity index (χ1n) is 17.3. The topological polar surface area (TPSA) is 31.4 Å². The van der Waals surface area contributed by atoms with Gasteiger partial charge >= 0.3 is 0 Å². The Bertz CT molecular complexity index is 1890. The number of nitrogens with zero attached hydrogens (tertiary/aromatic N) is 1. The van der Waals surface area contributed by atoms with Crippen LogP contribution in [0.4, 0.5) is 0 Å². The summed E-state index contributed by atoms with van der Waals surface area (Å²) in [5.41, 5.74) is 9.87. The Morgan fingerprint density at radius 3 is 1.61 bits per heavy atom. The zero-order valence-corrected chi connectivity index (χ0v) is 30.6. The van der Waals surface area contributed by atoms with E-state index < -0.39 is 6.29 Å². The van der Waals surface area contributed by atoms with Crippen LogP contribution in [0.2, 0.25) is 0 Å². The summed E-state index contributed by atoms with van der Waals surface area (Å²) in [5, 5.41) is 3.91. The lowest BCUT2D eigenvalue weighted by atomic mass is 9.88. The van der Waals surface area contributed by atoms with E-state index in [4.69, 9.17) is 14.5 Å². The number of aromatic nitrogens is 1. The quantitative estimate of drug-likeness (QED) is 0.170. The third-order valence-corrected chi connectivity index (χ3v) is 10.8. The van der Waals surface area contributed by atoms with E-state index in [1.165, 1.54) is 59.2 Å². The predicted octanol–water partition coefficient (Wildman–Crippen LogP) is 13.3. The van der Waals surface area contributed by atoms with Crippen LogP contribution in [0.25, 0.3) is 31.4 Å². The van der Waals surface area contributed by atoms with Gasteiger partial charge in [-0.2, -0.15) is 0 Å². The Morgan fingerprint density at radius 1 is 0.565 bits per heavy atom. The van der Waals surface area contributed by atoms with Crippen LogP contribution in [0.15, 0.2) is 48.5 Å². The SMILES string of the molecule is CC(C)c1ccc(C(C)C)c2c1OC(c1cc(C(C)C)c3sc(-c4nc(C(C)C)c5ccccc5c4C(C)C)cc3c1C(C)C)O2. The Morgan fingerprint density at radius 2 is 1.11 bits per heavy atom. The van der Waals surface area contributed by atoms with E-state index >= 15 is 0 Å². The lowest BCUT2D eigenvalue weighted by molar-refractivity contribution is 0.0466. The van der Waals surface area contributed by atoms with Gasteiger partial charge in [0.25, 0.3) is 6.29 Å². The summed E-state index contributed by atoms with van der Waals surface area (Å²) in [5.74, 6) is 3.82. The molecule has 3 nitrogen and oxygen atoms in total. The van der Waals surface area contributed by atoms with Crippen LogP contribution >= 0.6 is 11.3 Å². The van der Waals surface area contributed by atoms with Crippen LogP contribution in [0.1, 0.15) is 164 Å². The molecule has 2 aromatic heterocycles. The second-order valence-corrected chi connectivity index (χ2v) is 16.1. The molecule has 5 aromatic rings. The van der Waals surface area contributed by atoms with Crippen molar-refractivity contribution in [1.82, 2.24) is 4.98 Å². The molecule has 3 aromatic carbocycles. The maximum Gasteiger partial charge on any atom is 0.268 e. The van der Waals surface area contributed by atoms with Gasteiger partial charge in [-0.1, -0.05) is 119 Å². The molecule has 0 amide bonds. The van der Waals surface area contributed by atoms with Crippen molar-refractivity contribution in [1.29, 1.82) is 0 Å². The van der Waals surface area contributed by atoms with Crippen LogP contribution in [0.3, 0.4) is 0 Å². The summed E-state index contributed by atoms with van der Waals surface area (Å²) in [6.45, 7) is 27.2. The van der Waals surface area contributed by atoms with Crippen LogP contribution in [0, 0.1) is 0 Å². The Labute approximate surface area is 280 Å². The summed E-state index contributed by atoms with van der Waals surface area (Å²) in [6, 6.07) is 18.1. The van der Waals surface area contributed by atoms with Gasteiger partial charge in [0.15, 0.2) is 11.5 Å². The van der Waals surface area contributed by atoms with Gasteiger partial charge in [-0.25, -0.2) is 0 Å². The number of fused-ring (bicyclic) bond motifs is 3. The minimum atomic E-state index is -0.479. The first-order valence-corrected chi connectivity index (χ1v) is 18.1. The molecule has 242 valence electrons. The smallest absolute Gasteiger partial charge is 0.268 e. The molecule has 0 radical (unpaired) electrons. The van der Waals surface area contributed by atoms with Crippen LogP contribution in [-0.4, -0.2) is 4.98 Å². The summed E-state index contributed by atoms with van der Waals surface area (Å²) >= 11 is 1.90. The average Bonchev–Trinajstić information content (AvgIpc) is 3.63. The summed E-state index contributed by atoms with van der Waals surface area (Å²) in [4.78, 5) is 6.72. The molecular formula is C42H51NO2S. The highest BCUT2D eigenvalue weighted by atomic mass is 32.1. The van der Waals surface area contributed by atoms with Gasteiger partial charge in [0.05, 0.1) is 16.3 Å². The molecule has 0 unspecified atom stereocenters. The molecule has 0 atom stereocenters. The standard InChI is InChI=1S/C42H51NO2S/c1-21(2)27-17-18-28(22(3)4)40-39(27)44-42(45-40)33-19-31(23(5)6)41-32(35(33)24(7)8)20-34(46-41)38-36(25(9)10)29-15-13-14-16-30(29)37(43-38)26(11)12/h13-26,42H,1-12H3. The maximum atomic E-state index is 6.85. The Hall–Kier alpha value is -3.37. The molecular weight excluding hydrogens is 583 g/mol. The van der Waals surface area contributed by atoms with E-state index in [1.807, 2.05) is 11.3 Å². The van der Waals surface area contributed by atoms with Crippen molar-refractivity contribution in [2.45, 2.75) is 125 Å². The summed E-state index contributed by atoms with van der Waals surface area (Å²) in [6.07, 6.45) is -0.479. The van der Waals surface area contributed by atoms with Gasteiger partial charge < -0.3 is 9.47 Å². The van der Waals surface area contributed by atoms with Crippen molar-refractivity contribution >= 4 is 32.2 Å². The molecule has 0 bridgehead atoms. The molecule has 4 heteroatoms. The number of ether oxygens (including phenoxy) is 2. The van der Waals surface area contributed by atoms with Gasteiger partial charge in [0.1, 0.15) is 0 Å². The minimum Gasteiger partial charge on any atom is -0.446 e. The third kappa shape index (κ3) is 5.41. The average molecular weight is 634 g/mol. The van der Waals surface area contributed by atoms with E-state index in [-0.39, 0.29) is 5.92 Å². The van der Waals surface area contributed by atoms with Gasteiger partial charge in [-0.05, 0) is 75.1 Å². The van der Waals surface area contributed by atoms with Crippen LogP contribution in [0.5, 0.6) is 11.5 Å². The molecule has 0 aliphatic carbocycles. The van der Waals surface area contributed by atoms with Crippen molar-refractivity contribution in [2.75, 3.05) is 0 Å². The Kier molecular flexibility index (Phi) is 8.74. The first-order chi connectivity index (χ1) is 21.8. The number of benzene rings is 3.